The Morgan fingerprint density at radius 3 is 2.10 bits per heavy atom. The fourth-order valence-electron chi connectivity index (χ4n) is 3.71. The lowest BCUT2D eigenvalue weighted by atomic mass is 9.93. The number of hydrogen-bond acceptors (Lipinski definition) is 3. The van der Waals surface area contributed by atoms with Gasteiger partial charge in [-0.1, -0.05) is 93.6 Å². The molecule has 0 atom stereocenters. The van der Waals surface area contributed by atoms with Crippen LogP contribution in [-0.4, -0.2) is 9.97 Å². The van der Waals surface area contributed by atoms with Gasteiger partial charge in [0.25, 0.3) is 0 Å². The summed E-state index contributed by atoms with van der Waals surface area (Å²) in [6.07, 6.45) is 0. The summed E-state index contributed by atoms with van der Waals surface area (Å²) in [4.78, 5) is 11.2. The summed E-state index contributed by atoms with van der Waals surface area (Å²) < 4.78 is 1.25. The summed E-state index contributed by atoms with van der Waals surface area (Å²) in [5, 5.41) is 2.38. The molecule has 0 aliphatic heterocycles. The molecular weight excluding hydrogens is 372 g/mol. The maximum absolute atomic E-state index is 5.15. The molecule has 0 saturated carbocycles. The van der Waals surface area contributed by atoms with Crippen molar-refractivity contribution in [2.45, 2.75) is 26.2 Å². The molecule has 0 aliphatic rings. The van der Waals surface area contributed by atoms with Crippen molar-refractivity contribution in [3.63, 3.8) is 0 Å². The van der Waals surface area contributed by atoms with E-state index in [1.54, 1.807) is 11.3 Å². The van der Waals surface area contributed by atoms with Crippen LogP contribution in [0.2, 0.25) is 0 Å². The van der Waals surface area contributed by atoms with Gasteiger partial charge in [-0.25, -0.2) is 9.97 Å². The molecule has 0 spiro atoms. The Morgan fingerprint density at radius 1 is 0.690 bits per heavy atom. The van der Waals surface area contributed by atoms with E-state index in [1.165, 1.54) is 21.2 Å². The molecule has 5 aromatic rings. The lowest BCUT2D eigenvalue weighted by Crippen LogP contribution is -2.16. The Kier molecular flexibility index (Phi) is 4.21. The molecule has 0 N–H and O–H groups in total. The van der Waals surface area contributed by atoms with E-state index in [-0.39, 0.29) is 5.41 Å². The lowest BCUT2D eigenvalue weighted by Gasteiger charge is -2.19. The number of thiophene rings is 1. The molecule has 2 heterocycles. The molecule has 0 radical (unpaired) electrons. The molecule has 0 bridgehead atoms. The van der Waals surface area contributed by atoms with Crippen molar-refractivity contribution in [1.82, 2.24) is 9.97 Å². The van der Waals surface area contributed by atoms with Gasteiger partial charge in [0.15, 0.2) is 0 Å². The molecule has 0 saturated heterocycles. The van der Waals surface area contributed by atoms with E-state index in [4.69, 9.17) is 9.97 Å². The van der Waals surface area contributed by atoms with Crippen molar-refractivity contribution in [1.29, 1.82) is 0 Å². The van der Waals surface area contributed by atoms with Gasteiger partial charge >= 0.3 is 0 Å². The molecular formula is C26H22N2S. The fraction of sp³-hybridized carbons (Fsp3) is 0.154. The summed E-state index contributed by atoms with van der Waals surface area (Å²) in [5.41, 5.74) is 4.45. The van der Waals surface area contributed by atoms with E-state index in [9.17, 15) is 0 Å². The van der Waals surface area contributed by atoms with Crippen LogP contribution >= 0.6 is 11.3 Å². The van der Waals surface area contributed by atoms with Crippen LogP contribution in [-0.2, 0) is 5.41 Å². The minimum atomic E-state index is -0.124. The predicted octanol–water partition coefficient (Wildman–Crippen LogP) is 7.48. The van der Waals surface area contributed by atoms with Crippen molar-refractivity contribution in [2.75, 3.05) is 0 Å². The van der Waals surface area contributed by atoms with Gasteiger partial charge in [0.1, 0.15) is 10.7 Å². The number of fused-ring (bicyclic) bond motifs is 3. The third kappa shape index (κ3) is 3.12. The molecule has 3 heteroatoms. The van der Waals surface area contributed by atoms with Gasteiger partial charge in [0, 0.05) is 26.5 Å². The minimum Gasteiger partial charge on any atom is -0.232 e. The smallest absolute Gasteiger partial charge is 0.136 e. The Morgan fingerprint density at radius 2 is 1.34 bits per heavy atom. The standard InChI is InChI=1S/C26H22N2S/c1-26(2,3)25-27-23(22-20-15-9-10-16-21(20)29-24(22)28-25)19-14-8-7-13-18(19)17-11-5-4-6-12-17/h4-16H,1-3H3. The average Bonchev–Trinajstić information content (AvgIpc) is 3.12. The molecule has 2 nitrogen and oxygen atoms in total. The molecule has 29 heavy (non-hydrogen) atoms. The van der Waals surface area contributed by atoms with Gasteiger partial charge < -0.3 is 0 Å². The third-order valence-electron chi connectivity index (χ3n) is 5.18. The molecule has 5 rings (SSSR count). The van der Waals surface area contributed by atoms with E-state index in [2.05, 4.69) is 99.6 Å². The van der Waals surface area contributed by atoms with E-state index in [0.717, 1.165) is 27.3 Å². The molecule has 0 amide bonds. The Labute approximate surface area is 174 Å². The second kappa shape index (κ2) is 6.78. The van der Waals surface area contributed by atoms with E-state index < -0.39 is 0 Å². The Balaban J connectivity index is 1.90. The second-order valence-corrected chi connectivity index (χ2v) is 9.37. The highest BCUT2D eigenvalue weighted by atomic mass is 32.1. The topological polar surface area (TPSA) is 25.8 Å². The summed E-state index contributed by atoms with van der Waals surface area (Å²) in [6, 6.07) is 27.7. The number of hydrogen-bond donors (Lipinski definition) is 0. The first-order valence-electron chi connectivity index (χ1n) is 9.87. The monoisotopic (exact) mass is 394 g/mol. The maximum Gasteiger partial charge on any atom is 0.136 e. The molecule has 0 unspecified atom stereocenters. The van der Waals surface area contributed by atoms with Crippen molar-refractivity contribution in [3.05, 3.63) is 84.7 Å². The van der Waals surface area contributed by atoms with Crippen LogP contribution in [0.4, 0.5) is 0 Å². The zero-order chi connectivity index (χ0) is 20.0. The third-order valence-corrected chi connectivity index (χ3v) is 6.24. The van der Waals surface area contributed by atoms with Crippen molar-refractivity contribution < 1.29 is 0 Å². The van der Waals surface area contributed by atoms with Crippen LogP contribution in [0.15, 0.2) is 78.9 Å². The first kappa shape index (κ1) is 18.0. The zero-order valence-electron chi connectivity index (χ0n) is 16.8. The Bertz CT molecular complexity index is 1330. The van der Waals surface area contributed by atoms with Gasteiger partial charge in [-0.2, -0.15) is 0 Å². The first-order valence-corrected chi connectivity index (χ1v) is 10.7. The van der Waals surface area contributed by atoms with Crippen LogP contribution in [0.3, 0.4) is 0 Å². The highest BCUT2D eigenvalue weighted by Gasteiger charge is 2.23. The van der Waals surface area contributed by atoms with Crippen LogP contribution in [0.5, 0.6) is 0 Å². The van der Waals surface area contributed by atoms with Crippen molar-refractivity contribution in [3.8, 4) is 22.4 Å². The largest absolute Gasteiger partial charge is 0.232 e. The van der Waals surface area contributed by atoms with Crippen LogP contribution in [0.1, 0.15) is 26.6 Å². The average molecular weight is 395 g/mol. The number of rotatable bonds is 2. The van der Waals surface area contributed by atoms with Crippen LogP contribution in [0, 0.1) is 0 Å². The van der Waals surface area contributed by atoms with Crippen LogP contribution in [0.25, 0.3) is 42.7 Å². The zero-order valence-corrected chi connectivity index (χ0v) is 17.6. The quantitative estimate of drug-likeness (QED) is 0.310. The van der Waals surface area contributed by atoms with Gasteiger partial charge in [-0.05, 0) is 17.2 Å². The SMILES string of the molecule is CC(C)(C)c1nc(-c2ccccc2-c2ccccc2)c2c(n1)sc1ccccc12. The molecule has 2 aromatic heterocycles. The first-order chi connectivity index (χ1) is 14.0. The van der Waals surface area contributed by atoms with Crippen LogP contribution < -0.4 is 0 Å². The minimum absolute atomic E-state index is 0.124. The van der Waals surface area contributed by atoms with Crippen molar-refractivity contribution in [2.24, 2.45) is 0 Å². The highest BCUT2D eigenvalue weighted by molar-refractivity contribution is 7.25. The Hall–Kier alpha value is -3.04. The number of benzene rings is 3. The maximum atomic E-state index is 5.15. The fourth-order valence-corrected chi connectivity index (χ4v) is 4.79. The van der Waals surface area contributed by atoms with Crippen molar-refractivity contribution >= 4 is 31.6 Å². The van der Waals surface area contributed by atoms with Gasteiger partial charge in [-0.15, -0.1) is 11.3 Å². The molecule has 0 aliphatic carbocycles. The summed E-state index contributed by atoms with van der Waals surface area (Å²) >= 11 is 1.75. The normalized spacial score (nSPS) is 12.0. The highest BCUT2D eigenvalue weighted by Crippen LogP contribution is 2.42. The molecule has 3 aromatic carbocycles. The van der Waals surface area contributed by atoms with Gasteiger partial charge in [-0.3, -0.25) is 0 Å². The van der Waals surface area contributed by atoms with Gasteiger partial charge in [0.2, 0.25) is 0 Å². The lowest BCUT2D eigenvalue weighted by molar-refractivity contribution is 0.549. The van der Waals surface area contributed by atoms with Gasteiger partial charge in [0.05, 0.1) is 5.69 Å². The summed E-state index contributed by atoms with van der Waals surface area (Å²) in [6.45, 7) is 6.52. The molecule has 0 fully saturated rings. The predicted molar refractivity (Wildman–Crippen MR) is 124 cm³/mol. The van der Waals surface area contributed by atoms with E-state index in [1.807, 2.05) is 0 Å². The van der Waals surface area contributed by atoms with E-state index >= 15 is 0 Å². The summed E-state index contributed by atoms with van der Waals surface area (Å²) in [5.74, 6) is 0.884. The van der Waals surface area contributed by atoms with E-state index in [0.29, 0.717) is 0 Å². The number of aromatic nitrogens is 2. The molecule has 142 valence electrons. The number of nitrogens with zero attached hydrogens (tertiary/aromatic N) is 2. The summed E-state index contributed by atoms with van der Waals surface area (Å²) in [7, 11) is 0. The second-order valence-electron chi connectivity index (χ2n) is 8.34.